The van der Waals surface area contributed by atoms with Crippen LogP contribution < -0.4 is 4.90 Å². The number of sulfonamides is 1. The molecule has 0 atom stereocenters. The van der Waals surface area contributed by atoms with Gasteiger partial charge in [0.1, 0.15) is 11.5 Å². The molecule has 0 aromatic carbocycles. The fourth-order valence-electron chi connectivity index (χ4n) is 3.32. The molecule has 1 aliphatic heterocycles. The second kappa shape index (κ2) is 8.26. The fourth-order valence-corrected chi connectivity index (χ4v) is 4.96. The maximum atomic E-state index is 13.1. The molecule has 164 valence electrons. The summed E-state index contributed by atoms with van der Waals surface area (Å²) in [5.41, 5.74) is -0.707. The van der Waals surface area contributed by atoms with E-state index in [1.165, 1.54) is 35.2 Å². The Morgan fingerprint density at radius 3 is 2.53 bits per heavy atom. The van der Waals surface area contributed by atoms with Crippen molar-refractivity contribution >= 4 is 21.8 Å². The number of anilines is 1. The predicted molar refractivity (Wildman–Crippen MR) is 102 cm³/mol. The number of carbonyl (C=O) groups is 1. The summed E-state index contributed by atoms with van der Waals surface area (Å²) < 4.78 is 72.2. The molecule has 2 aromatic rings. The Balaban J connectivity index is 1.80. The van der Waals surface area contributed by atoms with Crippen molar-refractivity contribution in [1.29, 1.82) is 0 Å². The third kappa shape index (κ3) is 4.29. The quantitative estimate of drug-likeness (QED) is 0.669. The molecule has 8 nitrogen and oxygen atoms in total. The molecule has 0 N–H and O–H groups in total. The number of hydrogen-bond acceptors (Lipinski definition) is 6. The van der Waals surface area contributed by atoms with Gasteiger partial charge in [-0.1, -0.05) is 0 Å². The zero-order valence-electron chi connectivity index (χ0n) is 16.4. The van der Waals surface area contributed by atoms with Crippen molar-refractivity contribution in [1.82, 2.24) is 13.9 Å². The Kier molecular flexibility index (Phi) is 6.09. The molecule has 2 aromatic heterocycles. The van der Waals surface area contributed by atoms with Crippen LogP contribution in [-0.2, 0) is 28.0 Å². The summed E-state index contributed by atoms with van der Waals surface area (Å²) in [5, 5.41) is -0.0615. The Hall–Kier alpha value is -2.60. The van der Waals surface area contributed by atoms with Crippen LogP contribution in [-0.4, -0.2) is 61.5 Å². The smallest absolute Gasteiger partial charge is 0.416 e. The van der Waals surface area contributed by atoms with E-state index in [0.29, 0.717) is 13.0 Å². The molecular weight excluding hydrogens is 425 g/mol. The Morgan fingerprint density at radius 2 is 1.87 bits per heavy atom. The van der Waals surface area contributed by atoms with Crippen LogP contribution in [0, 0.1) is 0 Å². The van der Waals surface area contributed by atoms with Gasteiger partial charge in [-0.2, -0.15) is 17.5 Å². The maximum Gasteiger partial charge on any atom is 0.416 e. The first-order valence-corrected chi connectivity index (χ1v) is 10.5. The number of nitrogens with zero attached hydrogens (tertiary/aromatic N) is 4. The summed E-state index contributed by atoms with van der Waals surface area (Å²) in [4.78, 5) is 17.4. The second-order valence-electron chi connectivity index (χ2n) is 6.75. The van der Waals surface area contributed by atoms with Crippen LogP contribution in [0.15, 0.2) is 35.5 Å². The number of ether oxygens (including phenoxy) is 1. The second-order valence-corrected chi connectivity index (χ2v) is 8.64. The highest BCUT2D eigenvalue weighted by molar-refractivity contribution is 7.89. The van der Waals surface area contributed by atoms with Gasteiger partial charge >= 0.3 is 12.1 Å². The van der Waals surface area contributed by atoms with E-state index in [9.17, 15) is 26.4 Å². The number of hydrogen-bond donors (Lipinski definition) is 0. The third-order valence-electron chi connectivity index (χ3n) is 4.93. The minimum Gasteiger partial charge on any atom is -0.464 e. The fraction of sp³-hybridized carbons (Fsp3) is 0.444. The monoisotopic (exact) mass is 446 g/mol. The van der Waals surface area contributed by atoms with E-state index in [4.69, 9.17) is 0 Å². The van der Waals surface area contributed by atoms with E-state index in [1.807, 2.05) is 0 Å². The molecule has 0 saturated carbocycles. The van der Waals surface area contributed by atoms with Gasteiger partial charge in [-0.3, -0.25) is 0 Å². The van der Waals surface area contributed by atoms with Crippen LogP contribution in [0.2, 0.25) is 0 Å². The SMILES string of the molecule is COC(=O)c1ccc(S(=O)(=O)N2CCCN(c3cc(C(F)(F)F)ccn3)CC2)n1C. The van der Waals surface area contributed by atoms with E-state index in [0.717, 1.165) is 18.3 Å². The first-order chi connectivity index (χ1) is 14.1. The van der Waals surface area contributed by atoms with Crippen LogP contribution in [0.3, 0.4) is 0 Å². The maximum absolute atomic E-state index is 13.1. The number of halogens is 3. The molecule has 3 rings (SSSR count). The number of alkyl halides is 3. The van der Waals surface area contributed by atoms with Gasteiger partial charge in [0, 0.05) is 39.4 Å². The van der Waals surface area contributed by atoms with Gasteiger partial charge in [-0.05, 0) is 30.7 Å². The number of aromatic nitrogens is 2. The van der Waals surface area contributed by atoms with Crippen molar-refractivity contribution in [3.05, 3.63) is 41.7 Å². The van der Waals surface area contributed by atoms with Crippen LogP contribution in [0.4, 0.5) is 19.0 Å². The number of pyridine rings is 1. The topological polar surface area (TPSA) is 84.7 Å². The first-order valence-electron chi connectivity index (χ1n) is 9.08. The average Bonchev–Trinajstić information content (AvgIpc) is 2.92. The molecule has 30 heavy (non-hydrogen) atoms. The van der Waals surface area contributed by atoms with Gasteiger partial charge < -0.3 is 14.2 Å². The number of rotatable bonds is 4. The molecule has 12 heteroatoms. The number of methoxy groups -OCH3 is 1. The van der Waals surface area contributed by atoms with E-state index in [-0.39, 0.29) is 36.2 Å². The van der Waals surface area contributed by atoms with Crippen molar-refractivity contribution in [2.75, 3.05) is 38.2 Å². The van der Waals surface area contributed by atoms with Crippen molar-refractivity contribution in [2.45, 2.75) is 17.6 Å². The summed E-state index contributed by atoms with van der Waals surface area (Å²) in [6.45, 7) is 0.804. The molecule has 1 fully saturated rings. The molecule has 0 amide bonds. The lowest BCUT2D eigenvalue weighted by molar-refractivity contribution is -0.137. The molecule has 0 aliphatic carbocycles. The van der Waals surface area contributed by atoms with Gasteiger partial charge in [0.25, 0.3) is 10.0 Å². The largest absolute Gasteiger partial charge is 0.464 e. The molecule has 0 radical (unpaired) electrons. The van der Waals surface area contributed by atoms with Crippen molar-refractivity contribution in [3.63, 3.8) is 0 Å². The summed E-state index contributed by atoms with van der Waals surface area (Å²) in [6, 6.07) is 4.56. The van der Waals surface area contributed by atoms with Gasteiger partial charge in [0.2, 0.25) is 0 Å². The lowest BCUT2D eigenvalue weighted by Gasteiger charge is -2.23. The van der Waals surface area contributed by atoms with Crippen molar-refractivity contribution < 1.29 is 31.1 Å². The molecule has 3 heterocycles. The Morgan fingerprint density at radius 1 is 1.13 bits per heavy atom. The van der Waals surface area contributed by atoms with Gasteiger partial charge in [0.05, 0.1) is 12.7 Å². The minimum atomic E-state index is -4.48. The van der Waals surface area contributed by atoms with E-state index in [2.05, 4.69) is 9.72 Å². The molecule has 1 saturated heterocycles. The normalized spacial score (nSPS) is 16.4. The molecule has 0 bridgehead atoms. The van der Waals surface area contributed by atoms with Crippen LogP contribution in [0.25, 0.3) is 0 Å². The highest BCUT2D eigenvalue weighted by Gasteiger charge is 2.33. The standard InChI is InChI=1S/C18H21F3N4O4S/c1-23-14(17(26)29-2)4-5-16(23)30(27,28)25-9-3-8-24(10-11-25)15-12-13(6-7-22-15)18(19,20)21/h4-7,12H,3,8-11H2,1-2H3. The molecule has 0 unspecified atom stereocenters. The zero-order valence-corrected chi connectivity index (χ0v) is 17.2. The van der Waals surface area contributed by atoms with Crippen LogP contribution in [0.5, 0.6) is 0 Å². The summed E-state index contributed by atoms with van der Waals surface area (Å²) in [7, 11) is -1.26. The van der Waals surface area contributed by atoms with Gasteiger partial charge in [-0.15, -0.1) is 0 Å². The predicted octanol–water partition coefficient (Wildman–Crippen LogP) is 2.13. The van der Waals surface area contributed by atoms with E-state index < -0.39 is 27.7 Å². The Bertz CT molecular complexity index is 1040. The summed E-state index contributed by atoms with van der Waals surface area (Å²) >= 11 is 0. The highest BCUT2D eigenvalue weighted by Crippen LogP contribution is 2.31. The lowest BCUT2D eigenvalue weighted by atomic mass is 10.2. The number of carbonyl (C=O) groups excluding carboxylic acids is 1. The minimum absolute atomic E-state index is 0.0615. The number of esters is 1. The Labute approximate surface area is 171 Å². The average molecular weight is 446 g/mol. The van der Waals surface area contributed by atoms with Crippen LogP contribution >= 0.6 is 0 Å². The first kappa shape index (κ1) is 22.1. The molecular formula is C18H21F3N4O4S. The van der Waals surface area contributed by atoms with E-state index in [1.54, 1.807) is 4.90 Å². The van der Waals surface area contributed by atoms with Gasteiger partial charge in [0.15, 0.2) is 5.03 Å². The third-order valence-corrected chi connectivity index (χ3v) is 6.91. The molecule has 1 aliphatic rings. The van der Waals surface area contributed by atoms with E-state index >= 15 is 0 Å². The zero-order chi connectivity index (χ0) is 22.1. The molecule has 0 spiro atoms. The van der Waals surface area contributed by atoms with Gasteiger partial charge in [-0.25, -0.2) is 18.2 Å². The summed E-state index contributed by atoms with van der Waals surface area (Å²) in [5.74, 6) is -0.507. The van der Waals surface area contributed by atoms with Crippen LogP contribution in [0.1, 0.15) is 22.5 Å². The van der Waals surface area contributed by atoms with Crippen molar-refractivity contribution in [2.24, 2.45) is 7.05 Å². The van der Waals surface area contributed by atoms with Crippen molar-refractivity contribution in [3.8, 4) is 0 Å². The highest BCUT2D eigenvalue weighted by atomic mass is 32.2. The summed E-state index contributed by atoms with van der Waals surface area (Å²) in [6.07, 6.45) is -2.98. The lowest BCUT2D eigenvalue weighted by Crippen LogP contribution is -2.36.